The minimum atomic E-state index is -0.425. The zero-order valence-corrected chi connectivity index (χ0v) is 15.2. The van der Waals surface area contributed by atoms with Crippen molar-refractivity contribution >= 4 is 5.97 Å². The number of carbonyl (C=O) groups excluding carboxylic acids is 1. The van der Waals surface area contributed by atoms with Gasteiger partial charge in [0.1, 0.15) is 11.4 Å². The first-order chi connectivity index (χ1) is 10.8. The SMILES string of the molecule is CCCCOc1ccc(CCN(C)CC(=O)OC(C)(C)C)cc1. The minimum Gasteiger partial charge on any atom is -0.494 e. The maximum atomic E-state index is 11.8. The van der Waals surface area contributed by atoms with E-state index in [4.69, 9.17) is 9.47 Å². The monoisotopic (exact) mass is 321 g/mol. The van der Waals surface area contributed by atoms with Crippen LogP contribution >= 0.6 is 0 Å². The highest BCUT2D eigenvalue weighted by Crippen LogP contribution is 2.13. The van der Waals surface area contributed by atoms with Crippen LogP contribution in [0.5, 0.6) is 5.75 Å². The second-order valence-electron chi connectivity index (χ2n) is 6.92. The van der Waals surface area contributed by atoms with E-state index in [9.17, 15) is 4.79 Å². The molecule has 0 N–H and O–H groups in total. The van der Waals surface area contributed by atoms with E-state index in [1.54, 1.807) is 0 Å². The molecule has 0 unspecified atom stereocenters. The molecule has 0 spiro atoms. The van der Waals surface area contributed by atoms with E-state index in [2.05, 4.69) is 19.1 Å². The van der Waals surface area contributed by atoms with Crippen LogP contribution in [0.4, 0.5) is 0 Å². The molecule has 0 aliphatic heterocycles. The van der Waals surface area contributed by atoms with Crippen LogP contribution in [0.2, 0.25) is 0 Å². The molecule has 4 nitrogen and oxygen atoms in total. The Bertz CT molecular complexity index is 462. The van der Waals surface area contributed by atoms with Gasteiger partial charge in [0.05, 0.1) is 13.2 Å². The second-order valence-corrected chi connectivity index (χ2v) is 6.92. The number of ether oxygens (including phenoxy) is 2. The van der Waals surface area contributed by atoms with Crippen LogP contribution in [0.25, 0.3) is 0 Å². The van der Waals surface area contributed by atoms with Crippen molar-refractivity contribution in [3.8, 4) is 5.75 Å². The number of carbonyl (C=O) groups is 1. The van der Waals surface area contributed by atoms with Gasteiger partial charge in [-0.25, -0.2) is 0 Å². The average molecular weight is 321 g/mol. The van der Waals surface area contributed by atoms with E-state index < -0.39 is 5.60 Å². The zero-order valence-electron chi connectivity index (χ0n) is 15.2. The highest BCUT2D eigenvalue weighted by molar-refractivity contribution is 5.72. The molecule has 0 fully saturated rings. The van der Waals surface area contributed by atoms with Crippen molar-refractivity contribution in [3.63, 3.8) is 0 Å². The number of nitrogens with zero attached hydrogens (tertiary/aromatic N) is 1. The number of hydrogen-bond donors (Lipinski definition) is 0. The predicted molar refractivity (Wildman–Crippen MR) is 93.9 cm³/mol. The summed E-state index contributed by atoms with van der Waals surface area (Å²) < 4.78 is 11.0. The molecule has 0 amide bonds. The van der Waals surface area contributed by atoms with E-state index in [0.717, 1.165) is 38.2 Å². The zero-order chi connectivity index (χ0) is 17.3. The summed E-state index contributed by atoms with van der Waals surface area (Å²) in [7, 11) is 1.94. The van der Waals surface area contributed by atoms with E-state index in [1.165, 1.54) is 5.56 Å². The lowest BCUT2D eigenvalue weighted by molar-refractivity contribution is -0.155. The summed E-state index contributed by atoms with van der Waals surface area (Å²) in [5.41, 5.74) is 0.815. The highest BCUT2D eigenvalue weighted by atomic mass is 16.6. The largest absolute Gasteiger partial charge is 0.494 e. The second kappa shape index (κ2) is 9.56. The molecule has 0 aliphatic rings. The van der Waals surface area contributed by atoms with Crippen molar-refractivity contribution in [2.24, 2.45) is 0 Å². The van der Waals surface area contributed by atoms with Crippen LogP contribution in [0, 0.1) is 0 Å². The standard InChI is InChI=1S/C19H31NO3/c1-6-7-14-22-17-10-8-16(9-11-17)12-13-20(5)15-18(21)23-19(2,3)4/h8-11H,6-7,12-15H2,1-5H3. The summed E-state index contributed by atoms with van der Waals surface area (Å²) >= 11 is 0. The summed E-state index contributed by atoms with van der Waals surface area (Å²) in [6, 6.07) is 8.20. The normalized spacial score (nSPS) is 11.6. The van der Waals surface area contributed by atoms with E-state index in [1.807, 2.05) is 44.9 Å². The molecule has 0 saturated heterocycles. The van der Waals surface area contributed by atoms with Crippen molar-refractivity contribution in [3.05, 3.63) is 29.8 Å². The number of likely N-dealkylation sites (N-methyl/N-ethyl adjacent to an activating group) is 1. The van der Waals surface area contributed by atoms with E-state index in [0.29, 0.717) is 6.54 Å². The van der Waals surface area contributed by atoms with Gasteiger partial charge in [0.25, 0.3) is 0 Å². The fraction of sp³-hybridized carbons (Fsp3) is 0.632. The van der Waals surface area contributed by atoms with Crippen LogP contribution in [-0.2, 0) is 16.0 Å². The molecule has 130 valence electrons. The van der Waals surface area contributed by atoms with Crippen LogP contribution in [0.1, 0.15) is 46.1 Å². The first-order valence-electron chi connectivity index (χ1n) is 8.42. The van der Waals surface area contributed by atoms with Gasteiger partial charge in [-0.1, -0.05) is 25.5 Å². The van der Waals surface area contributed by atoms with E-state index in [-0.39, 0.29) is 5.97 Å². The summed E-state index contributed by atoms with van der Waals surface area (Å²) in [6.07, 6.45) is 3.12. The summed E-state index contributed by atoms with van der Waals surface area (Å²) in [4.78, 5) is 13.8. The lowest BCUT2D eigenvalue weighted by Gasteiger charge is -2.22. The maximum absolute atomic E-state index is 11.8. The average Bonchev–Trinajstić information content (AvgIpc) is 2.44. The van der Waals surface area contributed by atoms with Crippen LogP contribution in [0.3, 0.4) is 0 Å². The maximum Gasteiger partial charge on any atom is 0.320 e. The first-order valence-corrected chi connectivity index (χ1v) is 8.42. The molecule has 1 aromatic rings. The van der Waals surface area contributed by atoms with Crippen molar-refractivity contribution in [1.29, 1.82) is 0 Å². The van der Waals surface area contributed by atoms with Crippen LogP contribution in [0.15, 0.2) is 24.3 Å². The minimum absolute atomic E-state index is 0.181. The topological polar surface area (TPSA) is 38.8 Å². The molecule has 0 heterocycles. The Balaban J connectivity index is 2.32. The molecule has 0 aromatic heterocycles. The Hall–Kier alpha value is -1.55. The number of unbranched alkanes of at least 4 members (excludes halogenated alkanes) is 1. The molecule has 0 saturated carbocycles. The van der Waals surface area contributed by atoms with Crippen LogP contribution in [-0.4, -0.2) is 43.2 Å². The van der Waals surface area contributed by atoms with Gasteiger partial charge in [0.15, 0.2) is 0 Å². The number of esters is 1. The van der Waals surface area contributed by atoms with Gasteiger partial charge < -0.3 is 9.47 Å². The van der Waals surface area contributed by atoms with Crippen LogP contribution < -0.4 is 4.74 Å². The van der Waals surface area contributed by atoms with Gasteiger partial charge in [-0.2, -0.15) is 0 Å². The molecule has 0 radical (unpaired) electrons. The Morgan fingerprint density at radius 1 is 1.17 bits per heavy atom. The Labute approximate surface area is 140 Å². The van der Waals surface area contributed by atoms with Crippen molar-refractivity contribution < 1.29 is 14.3 Å². The van der Waals surface area contributed by atoms with Gasteiger partial charge in [0, 0.05) is 6.54 Å². The van der Waals surface area contributed by atoms with Crippen molar-refractivity contribution in [2.75, 3.05) is 26.7 Å². The Kier molecular flexibility index (Phi) is 8.10. The van der Waals surface area contributed by atoms with Crippen molar-refractivity contribution in [1.82, 2.24) is 4.90 Å². The third-order valence-corrected chi connectivity index (χ3v) is 3.29. The highest BCUT2D eigenvalue weighted by Gasteiger charge is 2.17. The molecule has 1 aromatic carbocycles. The third-order valence-electron chi connectivity index (χ3n) is 3.29. The summed E-state index contributed by atoms with van der Waals surface area (Å²) in [5.74, 6) is 0.740. The van der Waals surface area contributed by atoms with Gasteiger partial charge in [-0.15, -0.1) is 0 Å². The number of hydrogen-bond acceptors (Lipinski definition) is 4. The lowest BCUT2D eigenvalue weighted by Crippen LogP contribution is -2.33. The fourth-order valence-electron chi connectivity index (χ4n) is 2.08. The Morgan fingerprint density at radius 3 is 2.39 bits per heavy atom. The molecule has 0 bridgehead atoms. The molecule has 0 aliphatic carbocycles. The van der Waals surface area contributed by atoms with Crippen molar-refractivity contribution in [2.45, 2.75) is 52.6 Å². The molecular weight excluding hydrogens is 290 g/mol. The van der Waals surface area contributed by atoms with Gasteiger partial charge in [-0.3, -0.25) is 9.69 Å². The quantitative estimate of drug-likeness (QED) is 0.514. The lowest BCUT2D eigenvalue weighted by atomic mass is 10.1. The van der Waals surface area contributed by atoms with Gasteiger partial charge >= 0.3 is 5.97 Å². The molecular formula is C19H31NO3. The molecule has 23 heavy (non-hydrogen) atoms. The summed E-state index contributed by atoms with van der Waals surface area (Å²) in [6.45, 7) is 9.71. The first kappa shape index (κ1) is 19.5. The molecule has 1 rings (SSSR count). The molecule has 4 heteroatoms. The van der Waals surface area contributed by atoms with Gasteiger partial charge in [-0.05, 0) is 58.4 Å². The van der Waals surface area contributed by atoms with Gasteiger partial charge in [0.2, 0.25) is 0 Å². The molecule has 0 atom stereocenters. The number of benzene rings is 1. The Morgan fingerprint density at radius 2 is 1.83 bits per heavy atom. The number of rotatable bonds is 9. The third kappa shape index (κ3) is 9.24. The smallest absolute Gasteiger partial charge is 0.320 e. The summed E-state index contributed by atoms with van der Waals surface area (Å²) in [5, 5.41) is 0. The van der Waals surface area contributed by atoms with E-state index >= 15 is 0 Å². The fourth-order valence-corrected chi connectivity index (χ4v) is 2.08. The predicted octanol–water partition coefficient (Wildman–Crippen LogP) is 3.68.